The molecule has 3 heterocycles. The van der Waals surface area contributed by atoms with E-state index in [1.165, 1.54) is 24.0 Å². The van der Waals surface area contributed by atoms with Crippen LogP contribution in [-0.2, 0) is 20.7 Å². The molecule has 0 radical (unpaired) electrons. The first kappa shape index (κ1) is 19.0. The molecule has 4 nitrogen and oxygen atoms in total. The van der Waals surface area contributed by atoms with Gasteiger partial charge in [-0.05, 0) is 82.8 Å². The van der Waals surface area contributed by atoms with Crippen molar-refractivity contribution in [2.45, 2.75) is 77.4 Å². The summed E-state index contributed by atoms with van der Waals surface area (Å²) in [6.07, 6.45) is 12.2. The van der Waals surface area contributed by atoms with Crippen molar-refractivity contribution in [1.29, 1.82) is 0 Å². The van der Waals surface area contributed by atoms with Gasteiger partial charge in [0.2, 0.25) is 0 Å². The van der Waals surface area contributed by atoms with Gasteiger partial charge in [-0.25, -0.2) is 4.79 Å². The van der Waals surface area contributed by atoms with Gasteiger partial charge in [0.15, 0.2) is 11.4 Å². The maximum absolute atomic E-state index is 12.8. The molecule has 29 heavy (non-hydrogen) atoms. The van der Waals surface area contributed by atoms with Gasteiger partial charge in [0.25, 0.3) is 0 Å². The molecule has 0 bridgehead atoms. The third-order valence-electron chi connectivity index (χ3n) is 8.09. The van der Waals surface area contributed by atoms with Crippen molar-refractivity contribution in [2.75, 3.05) is 0 Å². The highest BCUT2D eigenvalue weighted by Crippen LogP contribution is 2.63. The number of hydrogen-bond donors (Lipinski definition) is 0. The molecule has 5 rings (SSSR count). The highest BCUT2D eigenvalue weighted by atomic mass is 16.6. The number of carbonyl (C=O) groups excluding carboxylic acids is 1. The average molecular weight is 397 g/mol. The molecule has 0 amide bonds. The summed E-state index contributed by atoms with van der Waals surface area (Å²) in [5, 5.41) is 0. The van der Waals surface area contributed by atoms with E-state index in [0.29, 0.717) is 23.3 Å². The van der Waals surface area contributed by atoms with E-state index in [1.807, 2.05) is 19.3 Å². The van der Waals surface area contributed by atoms with Crippen molar-refractivity contribution in [3.05, 3.63) is 47.1 Å². The van der Waals surface area contributed by atoms with Gasteiger partial charge in [-0.2, -0.15) is 0 Å². The van der Waals surface area contributed by atoms with Crippen LogP contribution >= 0.6 is 0 Å². The summed E-state index contributed by atoms with van der Waals surface area (Å²) in [5.74, 6) is 2.24. The van der Waals surface area contributed by atoms with E-state index < -0.39 is 5.60 Å². The van der Waals surface area contributed by atoms with E-state index in [0.717, 1.165) is 31.4 Å². The van der Waals surface area contributed by atoms with Crippen molar-refractivity contribution in [3.8, 4) is 0 Å². The second kappa shape index (κ2) is 6.52. The van der Waals surface area contributed by atoms with Crippen LogP contribution in [-0.4, -0.2) is 17.2 Å². The number of hydrogen-bond acceptors (Lipinski definition) is 4. The number of ether oxygens (including phenoxy) is 2. The second-order valence-electron chi connectivity index (χ2n) is 10.1. The first-order valence-corrected chi connectivity index (χ1v) is 11.2. The Bertz CT molecular complexity index is 879. The minimum atomic E-state index is -0.578. The molecule has 1 saturated carbocycles. The molecule has 156 valence electrons. The fourth-order valence-electron chi connectivity index (χ4n) is 6.74. The molecule has 1 unspecified atom stereocenters. The monoisotopic (exact) mass is 396 g/mol. The van der Waals surface area contributed by atoms with Crippen molar-refractivity contribution in [2.24, 2.45) is 23.7 Å². The predicted molar refractivity (Wildman–Crippen MR) is 110 cm³/mol. The van der Waals surface area contributed by atoms with Crippen LogP contribution in [0.1, 0.15) is 65.4 Å². The van der Waals surface area contributed by atoms with E-state index in [-0.39, 0.29) is 17.5 Å². The number of furan rings is 1. The topological polar surface area (TPSA) is 48.7 Å². The van der Waals surface area contributed by atoms with Crippen molar-refractivity contribution < 1.29 is 18.7 Å². The van der Waals surface area contributed by atoms with Crippen LogP contribution in [0.25, 0.3) is 0 Å². The Morgan fingerprint density at radius 3 is 2.79 bits per heavy atom. The predicted octanol–water partition coefficient (Wildman–Crippen LogP) is 5.59. The summed E-state index contributed by atoms with van der Waals surface area (Å²) in [4.78, 5) is 12.8. The maximum atomic E-state index is 12.8. The highest BCUT2D eigenvalue weighted by molar-refractivity contribution is 5.92. The molecular formula is C25H32O4. The van der Waals surface area contributed by atoms with Gasteiger partial charge in [0, 0.05) is 11.8 Å². The van der Waals surface area contributed by atoms with Gasteiger partial charge in [-0.1, -0.05) is 18.6 Å². The van der Waals surface area contributed by atoms with Crippen molar-refractivity contribution in [3.63, 3.8) is 0 Å². The minimum Gasteiger partial charge on any atom is -0.487 e. The zero-order chi connectivity index (χ0) is 20.4. The molecule has 0 N–H and O–H groups in total. The minimum absolute atomic E-state index is 0.182. The number of rotatable bonds is 4. The van der Waals surface area contributed by atoms with Crippen LogP contribution in [0, 0.1) is 23.7 Å². The third kappa shape index (κ3) is 2.74. The lowest BCUT2D eigenvalue weighted by Crippen LogP contribution is -2.59. The van der Waals surface area contributed by atoms with Crippen LogP contribution in [0.2, 0.25) is 0 Å². The van der Waals surface area contributed by atoms with Crippen molar-refractivity contribution >= 4 is 5.97 Å². The molecular weight excluding hydrogens is 364 g/mol. The Labute approximate surface area is 173 Å². The van der Waals surface area contributed by atoms with Crippen LogP contribution in [0.4, 0.5) is 0 Å². The molecule has 1 spiro atoms. The molecule has 1 aromatic rings. The van der Waals surface area contributed by atoms with Crippen LogP contribution in [0.15, 0.2) is 46.0 Å². The lowest BCUT2D eigenvalue weighted by atomic mass is 9.59. The number of fused-ring (bicyclic) bond motifs is 1. The molecule has 2 aliphatic carbocycles. The van der Waals surface area contributed by atoms with Gasteiger partial charge in [-0.3, -0.25) is 0 Å². The Morgan fingerprint density at radius 2 is 2.03 bits per heavy atom. The molecule has 6 atom stereocenters. The van der Waals surface area contributed by atoms with Crippen LogP contribution < -0.4 is 0 Å². The largest absolute Gasteiger partial charge is 0.487 e. The number of allylic oxidation sites excluding steroid dienone is 1. The zero-order valence-electron chi connectivity index (χ0n) is 18.0. The van der Waals surface area contributed by atoms with Gasteiger partial charge >= 0.3 is 5.97 Å². The molecule has 1 aromatic heterocycles. The smallest absolute Gasteiger partial charge is 0.338 e. The van der Waals surface area contributed by atoms with E-state index in [9.17, 15) is 4.79 Å². The van der Waals surface area contributed by atoms with Crippen LogP contribution in [0.3, 0.4) is 0 Å². The Balaban J connectivity index is 1.48. The molecule has 0 aromatic carbocycles. The summed E-state index contributed by atoms with van der Waals surface area (Å²) in [6.45, 7) is 8.71. The fraction of sp³-hybridized carbons (Fsp3) is 0.640. The molecule has 2 aliphatic heterocycles. The quantitative estimate of drug-likeness (QED) is 0.492. The van der Waals surface area contributed by atoms with E-state index in [2.05, 4.69) is 26.8 Å². The first-order valence-electron chi connectivity index (χ1n) is 11.2. The molecule has 4 heteroatoms. The lowest BCUT2D eigenvalue weighted by Gasteiger charge is -2.55. The van der Waals surface area contributed by atoms with E-state index >= 15 is 0 Å². The molecule has 4 aliphatic rings. The average Bonchev–Trinajstić information content (AvgIpc) is 3.37. The Kier molecular flexibility index (Phi) is 4.27. The molecule has 1 saturated heterocycles. The van der Waals surface area contributed by atoms with E-state index in [4.69, 9.17) is 13.9 Å². The second-order valence-corrected chi connectivity index (χ2v) is 10.1. The standard InChI is InChI=1S/C25H32O4/c1-15-7-8-20-16(2)12-19-13-24(4,10-5-6-18-9-11-27-14-18)28-22-17(3)23(26)29-25(19,22)21(15)20/h9,11-12,14-15,19-21H,5-8,10,13H2,1-4H3/t15-,19-,20-,21+,24?,25-/m0/s1. The molecule has 2 fully saturated rings. The van der Waals surface area contributed by atoms with Crippen LogP contribution in [0.5, 0.6) is 0 Å². The maximum Gasteiger partial charge on any atom is 0.338 e. The van der Waals surface area contributed by atoms with Gasteiger partial charge < -0.3 is 13.9 Å². The number of esters is 1. The Morgan fingerprint density at radius 1 is 1.21 bits per heavy atom. The SMILES string of the molecule is CC1=C[C@H]2CC(C)(CCCc3ccoc3)OC3=C(C)C(=O)O[C@@]32[C@@H]2[C@@H](C)CC[C@@H]12. The summed E-state index contributed by atoms with van der Waals surface area (Å²) in [6, 6.07) is 2.03. The van der Waals surface area contributed by atoms with Gasteiger partial charge in [-0.15, -0.1) is 0 Å². The third-order valence-corrected chi connectivity index (χ3v) is 8.09. The number of aryl methyl sites for hydroxylation is 1. The lowest BCUT2D eigenvalue weighted by molar-refractivity contribution is -0.190. The summed E-state index contributed by atoms with van der Waals surface area (Å²) >= 11 is 0. The Hall–Kier alpha value is -1.97. The number of carbonyl (C=O) groups is 1. The van der Waals surface area contributed by atoms with Crippen molar-refractivity contribution in [1.82, 2.24) is 0 Å². The summed E-state index contributed by atoms with van der Waals surface area (Å²) < 4.78 is 18.2. The summed E-state index contributed by atoms with van der Waals surface area (Å²) in [5.41, 5.74) is 2.53. The van der Waals surface area contributed by atoms with E-state index in [1.54, 1.807) is 6.26 Å². The first-order chi connectivity index (χ1) is 13.8. The highest BCUT2D eigenvalue weighted by Gasteiger charge is 2.67. The normalized spacial score (nSPS) is 40.7. The zero-order valence-corrected chi connectivity index (χ0v) is 18.0. The fourth-order valence-corrected chi connectivity index (χ4v) is 6.74. The summed E-state index contributed by atoms with van der Waals surface area (Å²) in [7, 11) is 0. The van der Waals surface area contributed by atoms with Gasteiger partial charge in [0.05, 0.1) is 18.1 Å². The van der Waals surface area contributed by atoms with Gasteiger partial charge in [0.1, 0.15) is 5.60 Å².